The molecule has 1 aliphatic carbocycles. The van der Waals surface area contributed by atoms with Crippen molar-refractivity contribution in [1.29, 1.82) is 0 Å². The van der Waals surface area contributed by atoms with Crippen molar-refractivity contribution in [3.8, 4) is 11.5 Å². The van der Waals surface area contributed by atoms with E-state index in [1.54, 1.807) is 14.2 Å². The minimum absolute atomic E-state index is 0.270. The molecule has 0 aromatic heterocycles. The molecular weight excluding hydrogens is 310 g/mol. The van der Waals surface area contributed by atoms with Crippen LogP contribution in [0.25, 0.3) is 0 Å². The number of ether oxygens (including phenoxy) is 2. The summed E-state index contributed by atoms with van der Waals surface area (Å²) in [4.78, 5) is 0. The maximum Gasteiger partial charge on any atom is 0.119 e. The van der Waals surface area contributed by atoms with Crippen molar-refractivity contribution in [3.05, 3.63) is 58.7 Å². The number of rotatable bonds is 6. The first-order valence-electron chi connectivity index (χ1n) is 9.25. The topological polar surface area (TPSA) is 44.5 Å². The van der Waals surface area contributed by atoms with Crippen LogP contribution in [0.5, 0.6) is 11.5 Å². The lowest BCUT2D eigenvalue weighted by molar-refractivity contribution is 0.414. The normalized spacial score (nSPS) is 15.0. The molecule has 2 aromatic rings. The van der Waals surface area contributed by atoms with Gasteiger partial charge in [0, 0.05) is 12.0 Å². The zero-order valence-corrected chi connectivity index (χ0v) is 15.5. The smallest absolute Gasteiger partial charge is 0.119 e. The van der Waals surface area contributed by atoms with E-state index in [9.17, 15) is 0 Å². The third-order valence-electron chi connectivity index (χ3n) is 5.47. The quantitative estimate of drug-likeness (QED) is 0.845. The van der Waals surface area contributed by atoms with Gasteiger partial charge in [-0.3, -0.25) is 0 Å². The van der Waals surface area contributed by atoms with Crippen molar-refractivity contribution in [3.63, 3.8) is 0 Å². The van der Waals surface area contributed by atoms with Crippen LogP contribution in [-0.2, 0) is 12.8 Å². The van der Waals surface area contributed by atoms with Crippen LogP contribution in [0.2, 0.25) is 0 Å². The molecule has 0 saturated heterocycles. The van der Waals surface area contributed by atoms with Gasteiger partial charge in [0.2, 0.25) is 0 Å². The van der Waals surface area contributed by atoms with Crippen molar-refractivity contribution >= 4 is 0 Å². The highest BCUT2D eigenvalue weighted by Gasteiger charge is 2.24. The van der Waals surface area contributed by atoms with Crippen molar-refractivity contribution in [2.24, 2.45) is 5.73 Å². The summed E-state index contributed by atoms with van der Waals surface area (Å²) in [6, 6.07) is 13.3. The molecule has 0 spiro atoms. The Morgan fingerprint density at radius 1 is 0.960 bits per heavy atom. The highest BCUT2D eigenvalue weighted by Crippen LogP contribution is 2.39. The molecule has 0 heterocycles. The Balaban J connectivity index is 2.02. The summed E-state index contributed by atoms with van der Waals surface area (Å²) in [5, 5.41) is 0. The first-order chi connectivity index (χ1) is 12.2. The minimum atomic E-state index is 0.270. The molecule has 134 valence electrons. The second kappa shape index (κ2) is 7.92. The molecule has 25 heavy (non-hydrogen) atoms. The number of benzene rings is 2. The van der Waals surface area contributed by atoms with E-state index in [1.807, 2.05) is 0 Å². The summed E-state index contributed by atoms with van der Waals surface area (Å²) in [6.45, 7) is 2.16. The van der Waals surface area contributed by atoms with E-state index >= 15 is 0 Å². The van der Waals surface area contributed by atoms with Crippen LogP contribution in [0, 0.1) is 0 Å². The van der Waals surface area contributed by atoms with Gasteiger partial charge in [0.1, 0.15) is 11.5 Å². The molecule has 3 heteroatoms. The zero-order valence-electron chi connectivity index (χ0n) is 15.5. The molecule has 0 saturated carbocycles. The molecule has 1 unspecified atom stereocenters. The van der Waals surface area contributed by atoms with Gasteiger partial charge >= 0.3 is 0 Å². The second-order valence-corrected chi connectivity index (χ2v) is 6.93. The van der Waals surface area contributed by atoms with Gasteiger partial charge in [0.05, 0.1) is 14.2 Å². The van der Waals surface area contributed by atoms with Gasteiger partial charge in [0.25, 0.3) is 0 Å². The van der Waals surface area contributed by atoms with Crippen LogP contribution in [0.15, 0.2) is 36.4 Å². The van der Waals surface area contributed by atoms with E-state index in [-0.39, 0.29) is 6.04 Å². The van der Waals surface area contributed by atoms with Crippen LogP contribution in [0.1, 0.15) is 54.4 Å². The van der Waals surface area contributed by atoms with Gasteiger partial charge < -0.3 is 15.2 Å². The fraction of sp³-hybridized carbons (Fsp3) is 0.455. The molecule has 3 nitrogen and oxygen atoms in total. The predicted molar refractivity (Wildman–Crippen MR) is 103 cm³/mol. The molecule has 0 radical (unpaired) electrons. The van der Waals surface area contributed by atoms with Gasteiger partial charge in [-0.1, -0.05) is 19.1 Å². The standard InChI is InChI=1S/C22H29NO2/c1-4-17(23)7-10-22-20-11-8-18(24-2)13-15(20)5-6-16-14-19(25-3)9-12-21(16)22/h8-9,11-14,17,22H,4-7,10,23H2,1-3H3. The zero-order chi connectivity index (χ0) is 17.8. The van der Waals surface area contributed by atoms with E-state index in [0.29, 0.717) is 5.92 Å². The molecule has 0 aliphatic heterocycles. The predicted octanol–water partition coefficient (Wildman–Crippen LogP) is 4.45. The van der Waals surface area contributed by atoms with Crippen molar-refractivity contribution in [1.82, 2.24) is 0 Å². The Labute approximate surface area is 151 Å². The highest BCUT2D eigenvalue weighted by molar-refractivity contribution is 5.49. The fourth-order valence-electron chi connectivity index (χ4n) is 3.86. The van der Waals surface area contributed by atoms with Crippen molar-refractivity contribution < 1.29 is 9.47 Å². The van der Waals surface area contributed by atoms with Crippen molar-refractivity contribution in [2.75, 3.05) is 14.2 Å². The first kappa shape index (κ1) is 17.8. The third kappa shape index (κ3) is 3.82. The Kier molecular flexibility index (Phi) is 5.64. The average Bonchev–Trinajstić information content (AvgIpc) is 2.81. The summed E-state index contributed by atoms with van der Waals surface area (Å²) in [5.74, 6) is 2.26. The van der Waals surface area contributed by atoms with Gasteiger partial charge in [0.15, 0.2) is 0 Å². The van der Waals surface area contributed by atoms with Crippen LogP contribution >= 0.6 is 0 Å². The fourth-order valence-corrected chi connectivity index (χ4v) is 3.86. The summed E-state index contributed by atoms with van der Waals surface area (Å²) in [5.41, 5.74) is 11.9. The lowest BCUT2D eigenvalue weighted by Gasteiger charge is -2.22. The largest absolute Gasteiger partial charge is 0.497 e. The molecule has 0 bridgehead atoms. The second-order valence-electron chi connectivity index (χ2n) is 6.93. The Morgan fingerprint density at radius 3 is 1.92 bits per heavy atom. The molecular formula is C22H29NO2. The molecule has 1 atom stereocenters. The first-order valence-corrected chi connectivity index (χ1v) is 9.25. The van der Waals surface area contributed by atoms with Gasteiger partial charge in [-0.2, -0.15) is 0 Å². The summed E-state index contributed by atoms with van der Waals surface area (Å²) in [7, 11) is 3.46. The maximum atomic E-state index is 6.22. The van der Waals surface area contributed by atoms with E-state index in [2.05, 4.69) is 43.3 Å². The molecule has 0 amide bonds. The Morgan fingerprint density at radius 2 is 1.48 bits per heavy atom. The summed E-state index contributed by atoms with van der Waals surface area (Å²) in [6.07, 6.45) is 5.20. The van der Waals surface area contributed by atoms with E-state index in [1.165, 1.54) is 22.3 Å². The Hall–Kier alpha value is -2.00. The van der Waals surface area contributed by atoms with Crippen molar-refractivity contribution in [2.45, 2.75) is 51.0 Å². The monoisotopic (exact) mass is 339 g/mol. The molecule has 0 fully saturated rings. The summed E-state index contributed by atoms with van der Waals surface area (Å²) < 4.78 is 10.9. The number of nitrogens with two attached hydrogens (primary N) is 1. The van der Waals surface area contributed by atoms with E-state index < -0.39 is 0 Å². The van der Waals surface area contributed by atoms with Crippen LogP contribution < -0.4 is 15.2 Å². The van der Waals surface area contributed by atoms with Gasteiger partial charge in [-0.25, -0.2) is 0 Å². The number of fused-ring (bicyclic) bond motifs is 2. The highest BCUT2D eigenvalue weighted by atomic mass is 16.5. The molecule has 3 rings (SSSR count). The van der Waals surface area contributed by atoms with Crippen LogP contribution in [0.4, 0.5) is 0 Å². The molecule has 1 aliphatic rings. The van der Waals surface area contributed by atoms with Crippen LogP contribution in [0.3, 0.4) is 0 Å². The number of hydrogen-bond acceptors (Lipinski definition) is 3. The van der Waals surface area contributed by atoms with E-state index in [4.69, 9.17) is 15.2 Å². The maximum absolute atomic E-state index is 6.22. The summed E-state index contributed by atoms with van der Waals surface area (Å²) >= 11 is 0. The molecule has 2 aromatic carbocycles. The van der Waals surface area contributed by atoms with Crippen LogP contribution in [-0.4, -0.2) is 20.3 Å². The number of methoxy groups -OCH3 is 2. The molecule has 2 N–H and O–H groups in total. The SMILES string of the molecule is CCC(N)CCC1c2ccc(OC)cc2CCc2cc(OC)ccc21. The average molecular weight is 339 g/mol. The lowest BCUT2D eigenvalue weighted by Crippen LogP contribution is -2.19. The van der Waals surface area contributed by atoms with E-state index in [0.717, 1.165) is 43.6 Å². The lowest BCUT2D eigenvalue weighted by atomic mass is 9.83. The number of hydrogen-bond donors (Lipinski definition) is 1. The third-order valence-corrected chi connectivity index (χ3v) is 5.47. The van der Waals surface area contributed by atoms with Gasteiger partial charge in [-0.15, -0.1) is 0 Å². The van der Waals surface area contributed by atoms with Gasteiger partial charge in [-0.05, 0) is 78.6 Å². The Bertz CT molecular complexity index is 670. The number of aryl methyl sites for hydroxylation is 2. The minimum Gasteiger partial charge on any atom is -0.497 e.